The third-order valence-electron chi connectivity index (χ3n) is 3.99. The van der Waals surface area contributed by atoms with Gasteiger partial charge in [0.1, 0.15) is 5.75 Å². The van der Waals surface area contributed by atoms with E-state index in [1.807, 2.05) is 0 Å². The molecule has 0 aliphatic rings. The molecule has 0 aliphatic heterocycles. The molecule has 0 unspecified atom stereocenters. The Morgan fingerprint density at radius 2 is 1.97 bits per heavy atom. The zero-order chi connectivity index (χ0) is 22.1. The zero-order valence-corrected chi connectivity index (χ0v) is 19.5. The smallest absolute Gasteiger partial charge is 0.233 e. The Bertz CT molecular complexity index is 1020. The number of hydrogen-bond acceptors (Lipinski definition) is 7. The summed E-state index contributed by atoms with van der Waals surface area (Å²) in [6, 6.07) is 6.99. The summed E-state index contributed by atoms with van der Waals surface area (Å²) >= 11 is 3.28. The lowest BCUT2D eigenvalue weighted by atomic mass is 10.2. The van der Waals surface area contributed by atoms with Crippen LogP contribution in [0.25, 0.3) is 11.5 Å². The maximum atomic E-state index is 13.2. The third kappa shape index (κ3) is 6.07. The summed E-state index contributed by atoms with van der Waals surface area (Å²) < 4.78 is 43.2. The van der Waals surface area contributed by atoms with Crippen molar-refractivity contribution in [2.75, 3.05) is 32.7 Å². The average Bonchev–Trinajstić information content (AvgIpc) is 3.16. The Hall–Kier alpha value is -2.36. The summed E-state index contributed by atoms with van der Waals surface area (Å²) in [5, 5.41) is 2.81. The van der Waals surface area contributed by atoms with Crippen LogP contribution in [0, 0.1) is 0 Å². The van der Waals surface area contributed by atoms with E-state index in [0.717, 1.165) is 4.48 Å². The molecule has 0 saturated heterocycles. The summed E-state index contributed by atoms with van der Waals surface area (Å²) in [5.41, 5.74) is 0.623. The number of anilines is 1. The molecular formula is C21H25BrN2O5S. The number of nitrogens with zero attached hydrogens (tertiary/aromatic N) is 1. The van der Waals surface area contributed by atoms with Crippen LogP contribution in [0.2, 0.25) is 0 Å². The molecule has 1 aromatic heterocycles. The summed E-state index contributed by atoms with van der Waals surface area (Å²) in [4.78, 5) is 4.30. The van der Waals surface area contributed by atoms with Crippen molar-refractivity contribution < 1.29 is 22.3 Å². The summed E-state index contributed by atoms with van der Waals surface area (Å²) in [5.74, 6) is 0.926. The van der Waals surface area contributed by atoms with Crippen molar-refractivity contribution in [1.29, 1.82) is 0 Å². The van der Waals surface area contributed by atoms with Crippen molar-refractivity contribution in [1.82, 2.24) is 4.98 Å². The number of sulfone groups is 1. The number of aromatic nitrogens is 1. The number of methoxy groups -OCH3 is 2. The van der Waals surface area contributed by atoms with Gasteiger partial charge in [-0.3, -0.25) is 0 Å². The number of hydrogen-bond donors (Lipinski definition) is 1. The molecule has 0 spiro atoms. The van der Waals surface area contributed by atoms with Crippen molar-refractivity contribution in [3.05, 3.63) is 58.5 Å². The molecule has 0 atom stereocenters. The van der Waals surface area contributed by atoms with Gasteiger partial charge in [0.25, 0.3) is 0 Å². The number of nitrogens with one attached hydrogen (secondary N) is 1. The van der Waals surface area contributed by atoms with Crippen molar-refractivity contribution in [2.24, 2.45) is 0 Å². The number of allylic oxidation sites excluding steroid dienone is 4. The Balaban J connectivity index is 2.51. The zero-order valence-electron chi connectivity index (χ0n) is 17.1. The van der Waals surface area contributed by atoms with Crippen LogP contribution in [0.5, 0.6) is 5.75 Å². The van der Waals surface area contributed by atoms with Gasteiger partial charge >= 0.3 is 0 Å². The fourth-order valence-corrected chi connectivity index (χ4v) is 3.83. The highest BCUT2D eigenvalue weighted by molar-refractivity contribution is 9.11. The summed E-state index contributed by atoms with van der Waals surface area (Å²) in [7, 11) is -0.793. The van der Waals surface area contributed by atoms with E-state index in [0.29, 0.717) is 30.9 Å². The monoisotopic (exact) mass is 496 g/mol. The molecular weight excluding hydrogens is 472 g/mol. The largest absolute Gasteiger partial charge is 0.497 e. The van der Waals surface area contributed by atoms with Gasteiger partial charge in [0.05, 0.1) is 12.0 Å². The SMILES string of the molecule is C=C/C(=C\C=C(/C)Br)S(=O)(=O)c1nc(-c2ccc(OC)cc2)oc1NCCCOC. The maximum absolute atomic E-state index is 13.2. The summed E-state index contributed by atoms with van der Waals surface area (Å²) in [6.45, 7) is 6.41. The first kappa shape index (κ1) is 23.9. The highest BCUT2D eigenvalue weighted by atomic mass is 79.9. The van der Waals surface area contributed by atoms with Gasteiger partial charge in [-0.05, 0) is 48.2 Å². The van der Waals surface area contributed by atoms with Crippen LogP contribution in [0.3, 0.4) is 0 Å². The molecule has 0 amide bonds. The molecule has 7 nitrogen and oxygen atoms in total. The summed E-state index contributed by atoms with van der Waals surface area (Å²) in [6.07, 6.45) is 5.04. The molecule has 9 heteroatoms. The molecule has 0 bridgehead atoms. The van der Waals surface area contributed by atoms with E-state index in [4.69, 9.17) is 13.9 Å². The number of rotatable bonds is 11. The van der Waals surface area contributed by atoms with E-state index >= 15 is 0 Å². The van der Waals surface area contributed by atoms with E-state index in [-0.39, 0.29) is 21.7 Å². The molecule has 0 radical (unpaired) electrons. The molecule has 2 aromatic rings. The minimum atomic E-state index is -3.97. The molecule has 30 heavy (non-hydrogen) atoms. The first-order chi connectivity index (χ1) is 14.3. The first-order valence-electron chi connectivity index (χ1n) is 9.13. The van der Waals surface area contributed by atoms with E-state index < -0.39 is 9.84 Å². The topological polar surface area (TPSA) is 90.7 Å². The van der Waals surface area contributed by atoms with Crippen molar-refractivity contribution in [3.8, 4) is 17.2 Å². The minimum Gasteiger partial charge on any atom is -0.497 e. The number of ether oxygens (including phenoxy) is 2. The van der Waals surface area contributed by atoms with Gasteiger partial charge in [0, 0.05) is 25.8 Å². The molecule has 0 saturated carbocycles. The highest BCUT2D eigenvalue weighted by Gasteiger charge is 2.29. The maximum Gasteiger partial charge on any atom is 0.233 e. The Morgan fingerprint density at radius 3 is 2.53 bits per heavy atom. The fraction of sp³-hybridized carbons (Fsp3) is 0.286. The predicted octanol–water partition coefficient (Wildman–Crippen LogP) is 4.94. The van der Waals surface area contributed by atoms with Gasteiger partial charge in [-0.1, -0.05) is 34.7 Å². The fourth-order valence-electron chi connectivity index (χ4n) is 2.45. The van der Waals surface area contributed by atoms with Crippen LogP contribution in [-0.4, -0.2) is 40.8 Å². The van der Waals surface area contributed by atoms with Gasteiger partial charge in [0.15, 0.2) is 0 Å². The molecule has 1 N–H and O–H groups in total. The van der Waals surface area contributed by atoms with Crippen LogP contribution in [0.15, 0.2) is 67.9 Å². The molecule has 0 aliphatic carbocycles. The van der Waals surface area contributed by atoms with Crippen LogP contribution in [0.1, 0.15) is 13.3 Å². The Kier molecular flexibility index (Phi) is 8.88. The second-order valence-corrected chi connectivity index (χ2v) is 9.30. The quantitative estimate of drug-likeness (QED) is 0.347. The molecule has 0 fully saturated rings. The first-order valence-corrected chi connectivity index (χ1v) is 11.4. The lowest BCUT2D eigenvalue weighted by molar-refractivity contribution is 0.197. The number of benzene rings is 1. The molecule has 162 valence electrons. The third-order valence-corrected chi connectivity index (χ3v) is 5.96. The lowest BCUT2D eigenvalue weighted by Crippen LogP contribution is -2.10. The van der Waals surface area contributed by atoms with E-state index in [2.05, 4.69) is 32.8 Å². The highest BCUT2D eigenvalue weighted by Crippen LogP contribution is 2.33. The van der Waals surface area contributed by atoms with Gasteiger partial charge in [-0.15, -0.1) is 0 Å². The van der Waals surface area contributed by atoms with Gasteiger partial charge < -0.3 is 19.2 Å². The average molecular weight is 497 g/mol. The van der Waals surface area contributed by atoms with E-state index in [1.54, 1.807) is 51.5 Å². The van der Waals surface area contributed by atoms with Crippen molar-refractivity contribution in [3.63, 3.8) is 0 Å². The van der Waals surface area contributed by atoms with Gasteiger partial charge in [-0.25, -0.2) is 8.42 Å². The van der Waals surface area contributed by atoms with Crippen LogP contribution < -0.4 is 10.1 Å². The predicted molar refractivity (Wildman–Crippen MR) is 122 cm³/mol. The van der Waals surface area contributed by atoms with E-state index in [9.17, 15) is 8.42 Å². The second kappa shape index (κ2) is 11.1. The molecule has 1 aromatic carbocycles. The van der Waals surface area contributed by atoms with Gasteiger partial charge in [-0.2, -0.15) is 4.98 Å². The van der Waals surface area contributed by atoms with Gasteiger partial charge in [0.2, 0.25) is 26.6 Å². The molecule has 1 heterocycles. The number of oxazole rings is 1. The van der Waals surface area contributed by atoms with Crippen molar-refractivity contribution >= 4 is 31.7 Å². The van der Waals surface area contributed by atoms with E-state index in [1.165, 1.54) is 12.2 Å². The van der Waals surface area contributed by atoms with Crippen LogP contribution in [-0.2, 0) is 14.6 Å². The van der Waals surface area contributed by atoms with Crippen LogP contribution >= 0.6 is 15.9 Å². The molecule has 2 rings (SSSR count). The van der Waals surface area contributed by atoms with Crippen molar-refractivity contribution in [2.45, 2.75) is 18.4 Å². The van der Waals surface area contributed by atoms with Crippen LogP contribution in [0.4, 0.5) is 5.88 Å². The minimum absolute atomic E-state index is 0.0100. The normalized spacial score (nSPS) is 12.7. The Labute approximate surface area is 185 Å². The second-order valence-electron chi connectivity index (χ2n) is 6.18. The number of halogens is 1. The Morgan fingerprint density at radius 1 is 1.27 bits per heavy atom. The lowest BCUT2D eigenvalue weighted by Gasteiger charge is -2.06. The standard InChI is InChI=1S/C21H25BrN2O5S/c1-5-18(12-7-15(2)22)30(25,26)21-20(23-13-6-14-27-3)29-19(24-21)16-8-10-17(28-4)11-9-16/h5,7-12,23H,1,6,13-14H2,2-4H3/b15-7+,18-12+.